The molecule has 1 aliphatic carbocycles. The fourth-order valence-electron chi connectivity index (χ4n) is 14.1. The molecule has 6 aliphatic rings. The number of likely N-dealkylation sites (tertiary alicyclic amines) is 2. The summed E-state index contributed by atoms with van der Waals surface area (Å²) in [7, 11) is 0.273. The smallest absolute Gasteiger partial charge is 0.395 e. The highest BCUT2D eigenvalue weighted by molar-refractivity contribution is 6.76. The zero-order valence-electron chi connectivity index (χ0n) is 48.7. The van der Waals surface area contributed by atoms with Crippen molar-refractivity contribution in [1.82, 2.24) is 23.8 Å². The summed E-state index contributed by atoms with van der Waals surface area (Å²) in [6.07, 6.45) is 6.64. The number of piperidine rings is 2. The molecule has 0 N–H and O–H groups in total. The summed E-state index contributed by atoms with van der Waals surface area (Å²) in [6, 6.07) is 20.7. The van der Waals surface area contributed by atoms with Crippen LogP contribution in [-0.2, 0) is 48.8 Å². The van der Waals surface area contributed by atoms with Gasteiger partial charge in [-0.05, 0) is 176 Å². The highest BCUT2D eigenvalue weighted by atomic mass is 28.3. The van der Waals surface area contributed by atoms with Crippen LogP contribution >= 0.6 is 0 Å². The standard InChI is InChI=1S/C63H85F3N6O7Si/c1-59(2,63(64,65)66)42-68(33-29-62(30-36-79-60(3,4)41-62)49-18-20-50(77-5)21-19-49)40-45-11-15-47(16-12-45)46-13-9-44(10-14-46)39-67-31-27-61(28-32-67)26-25-48-17-22-51-55-54(48)69(57(61)75)34-35-70(55)58(76)72(51)52-23-24-53(73)71(56(52)74)43-78-37-38-80(6,7)8/h11-13,15-22,44,52H,9-10,14,23-43H2,1-8H3/t44-,52?,62+/m0/s1. The fraction of sp³-hybridized carbons (Fsp3) is 0.619. The molecule has 6 heterocycles. The van der Waals surface area contributed by atoms with Crippen LogP contribution in [0.5, 0.6) is 5.75 Å². The van der Waals surface area contributed by atoms with Crippen LogP contribution in [0.4, 0.5) is 18.9 Å². The second-order valence-corrected chi connectivity index (χ2v) is 32.4. The molecule has 3 atom stereocenters. The second-order valence-electron chi connectivity index (χ2n) is 26.8. The van der Waals surface area contributed by atoms with Gasteiger partial charge >= 0.3 is 11.9 Å². The molecule has 1 unspecified atom stereocenters. The number of amides is 3. The number of carbonyl (C=O) groups is 3. The first kappa shape index (κ1) is 58.1. The molecule has 3 saturated heterocycles. The van der Waals surface area contributed by atoms with Crippen molar-refractivity contribution < 1.29 is 41.8 Å². The predicted octanol–water partition coefficient (Wildman–Crippen LogP) is 11.4. The number of imide groups is 1. The van der Waals surface area contributed by atoms with Crippen LogP contribution in [0.2, 0.25) is 25.7 Å². The van der Waals surface area contributed by atoms with Gasteiger partial charge in [0, 0.05) is 65.8 Å². The molecule has 10 rings (SSSR count). The number of aryl methyl sites for hydroxylation is 1. The number of alkyl halides is 3. The van der Waals surface area contributed by atoms with Gasteiger partial charge in [0.25, 0.3) is 5.91 Å². The van der Waals surface area contributed by atoms with E-state index in [1.165, 1.54) is 29.9 Å². The summed E-state index contributed by atoms with van der Waals surface area (Å²) in [5.41, 5.74) is 4.52. The van der Waals surface area contributed by atoms with Crippen molar-refractivity contribution in [2.24, 2.45) is 16.7 Å². The van der Waals surface area contributed by atoms with E-state index in [1.807, 2.05) is 34.1 Å². The van der Waals surface area contributed by atoms with Crippen molar-refractivity contribution in [3.63, 3.8) is 0 Å². The van der Waals surface area contributed by atoms with Crippen molar-refractivity contribution >= 4 is 48.1 Å². The lowest BCUT2D eigenvalue weighted by molar-refractivity contribution is -0.217. The number of hydrogen-bond acceptors (Lipinski definition) is 9. The van der Waals surface area contributed by atoms with Crippen molar-refractivity contribution in [3.05, 3.63) is 99.5 Å². The van der Waals surface area contributed by atoms with Gasteiger partial charge in [0.2, 0.25) is 11.8 Å². The molecule has 0 radical (unpaired) electrons. The molecule has 80 heavy (non-hydrogen) atoms. The molecule has 4 aromatic rings. The SMILES string of the molecule is COc1ccc([C@]2(CCN(Cc3ccc(C4=CC[C@H](CN5CCC6(CCc7ccc8c9c7N(CCn9c(=O)n8C7CCC(=O)N(COCC[Si](C)(C)C)C7=O)C6=O)CC5)CC4)cc3)CC(C)(C)C(F)(F)F)CCOC(C)(C)C2)cc1. The van der Waals surface area contributed by atoms with E-state index in [1.54, 1.807) is 16.2 Å². The number of halogens is 3. The average molecular weight is 1120 g/mol. The molecule has 0 bridgehead atoms. The first-order valence-corrected chi connectivity index (χ1v) is 33.2. The first-order chi connectivity index (χ1) is 37.9. The number of ether oxygens (including phenoxy) is 3. The molecule has 1 aromatic heterocycles. The van der Waals surface area contributed by atoms with Crippen LogP contribution in [0.15, 0.2) is 71.5 Å². The number of aromatic nitrogens is 2. The number of methoxy groups -OCH3 is 1. The normalized spacial score (nSPS) is 23.8. The van der Waals surface area contributed by atoms with Crippen LogP contribution in [0.25, 0.3) is 16.6 Å². The number of imidazole rings is 1. The van der Waals surface area contributed by atoms with Gasteiger partial charge in [0.05, 0.1) is 40.3 Å². The highest BCUT2D eigenvalue weighted by Gasteiger charge is 2.50. The van der Waals surface area contributed by atoms with Crippen molar-refractivity contribution in [2.75, 3.05) is 71.2 Å². The summed E-state index contributed by atoms with van der Waals surface area (Å²) in [5.74, 6) is 0.703. The second kappa shape index (κ2) is 22.6. The molecule has 3 aromatic carbocycles. The fourth-order valence-corrected chi connectivity index (χ4v) is 14.8. The summed E-state index contributed by atoms with van der Waals surface area (Å²) in [4.78, 5) is 64.0. The largest absolute Gasteiger partial charge is 0.497 e. The Morgan fingerprint density at radius 2 is 1.59 bits per heavy atom. The van der Waals surface area contributed by atoms with Crippen LogP contribution in [0.3, 0.4) is 0 Å². The summed E-state index contributed by atoms with van der Waals surface area (Å²) >= 11 is 0. The van der Waals surface area contributed by atoms with E-state index in [-0.39, 0.29) is 54.6 Å². The molecular formula is C63H85F3N6O7Si. The minimum absolute atomic E-state index is 0.111. The minimum atomic E-state index is -4.35. The van der Waals surface area contributed by atoms with Crippen molar-refractivity contribution in [2.45, 2.75) is 167 Å². The third kappa shape index (κ3) is 11.9. The number of hydrogen-bond donors (Lipinski definition) is 0. The van der Waals surface area contributed by atoms with Crippen LogP contribution in [-0.4, -0.2) is 128 Å². The number of rotatable bonds is 18. The Bertz CT molecular complexity index is 3030. The molecular weight excluding hydrogens is 1040 g/mol. The molecule has 5 aliphatic heterocycles. The van der Waals surface area contributed by atoms with Crippen LogP contribution < -0.4 is 15.3 Å². The molecule has 434 valence electrons. The number of anilines is 1. The number of allylic oxidation sites excluding steroid dienone is 2. The molecule has 0 saturated carbocycles. The average Bonchev–Trinajstić information content (AvgIpc) is 3.90. The maximum atomic E-state index is 15.0. The Balaban J connectivity index is 0.760. The predicted molar refractivity (Wildman–Crippen MR) is 310 cm³/mol. The number of carbonyl (C=O) groups excluding carboxylic acids is 3. The van der Waals surface area contributed by atoms with Crippen LogP contribution in [0, 0.1) is 16.7 Å². The van der Waals surface area contributed by atoms with Gasteiger partial charge in [0.15, 0.2) is 0 Å². The van der Waals surface area contributed by atoms with E-state index in [2.05, 4.69) is 80.9 Å². The summed E-state index contributed by atoms with van der Waals surface area (Å²) in [5, 5.41) is 0. The van der Waals surface area contributed by atoms with Crippen molar-refractivity contribution in [1.29, 1.82) is 0 Å². The van der Waals surface area contributed by atoms with Gasteiger partial charge < -0.3 is 24.0 Å². The van der Waals surface area contributed by atoms with E-state index in [0.29, 0.717) is 62.8 Å². The van der Waals surface area contributed by atoms with E-state index in [0.717, 1.165) is 112 Å². The maximum Gasteiger partial charge on any atom is 0.395 e. The summed E-state index contributed by atoms with van der Waals surface area (Å²) < 4.78 is 64.3. The van der Waals surface area contributed by atoms with Gasteiger partial charge in [-0.2, -0.15) is 13.2 Å². The Morgan fingerprint density at radius 3 is 2.25 bits per heavy atom. The Hall–Kier alpha value is -5.07. The van der Waals surface area contributed by atoms with E-state index in [4.69, 9.17) is 14.2 Å². The van der Waals surface area contributed by atoms with E-state index >= 15 is 0 Å². The van der Waals surface area contributed by atoms with E-state index < -0.39 is 37.0 Å². The van der Waals surface area contributed by atoms with Gasteiger partial charge in [-0.1, -0.05) is 68.2 Å². The number of benzene rings is 3. The molecule has 1 spiro atoms. The topological polar surface area (TPSA) is 119 Å². The number of nitrogens with zero attached hydrogens (tertiary/aromatic N) is 6. The minimum Gasteiger partial charge on any atom is -0.497 e. The summed E-state index contributed by atoms with van der Waals surface area (Å²) in [6.45, 7) is 18.7. The highest BCUT2D eigenvalue weighted by Crippen LogP contribution is 2.49. The lowest BCUT2D eigenvalue weighted by atomic mass is 9.67. The van der Waals surface area contributed by atoms with Crippen molar-refractivity contribution in [3.8, 4) is 5.75 Å². The van der Waals surface area contributed by atoms with Gasteiger partial charge in [-0.15, -0.1) is 0 Å². The van der Waals surface area contributed by atoms with Gasteiger partial charge in [-0.25, -0.2) is 4.79 Å². The Labute approximate surface area is 471 Å². The molecule has 3 amide bonds. The maximum absolute atomic E-state index is 15.0. The lowest BCUT2D eigenvalue weighted by Gasteiger charge is -2.46. The zero-order chi connectivity index (χ0) is 57.0. The third-order valence-corrected chi connectivity index (χ3v) is 20.7. The van der Waals surface area contributed by atoms with Gasteiger partial charge in [-0.3, -0.25) is 33.3 Å². The molecule has 17 heteroatoms. The van der Waals surface area contributed by atoms with E-state index in [9.17, 15) is 32.3 Å². The van der Waals surface area contributed by atoms with Crippen LogP contribution in [0.1, 0.15) is 127 Å². The lowest BCUT2D eigenvalue weighted by Crippen LogP contribution is -2.52. The van der Waals surface area contributed by atoms with Gasteiger partial charge in [0.1, 0.15) is 18.5 Å². The zero-order valence-corrected chi connectivity index (χ0v) is 49.7. The quantitative estimate of drug-likeness (QED) is 0.0545. The monoisotopic (exact) mass is 1120 g/mol. The Morgan fingerprint density at radius 1 is 0.850 bits per heavy atom. The molecule has 3 fully saturated rings. The Kier molecular flexibility index (Phi) is 16.4. The first-order valence-electron chi connectivity index (χ1n) is 29.5. The third-order valence-electron chi connectivity index (χ3n) is 19.0. The molecule has 13 nitrogen and oxygen atoms in total.